The summed E-state index contributed by atoms with van der Waals surface area (Å²) in [5.41, 5.74) is 3.75. The molecule has 10 nitrogen and oxygen atoms in total. The van der Waals surface area contributed by atoms with E-state index in [4.69, 9.17) is 13.9 Å². The lowest BCUT2D eigenvalue weighted by atomic mass is 10.2. The number of thioether (sulfide) groups is 1. The molecule has 2 aromatic carbocycles. The molecule has 0 radical (unpaired) electrons. The van der Waals surface area contributed by atoms with Crippen LogP contribution in [0.5, 0.6) is 11.5 Å². The van der Waals surface area contributed by atoms with E-state index < -0.39 is 10.0 Å². The van der Waals surface area contributed by atoms with Crippen LogP contribution in [0.25, 0.3) is 17.1 Å². The molecular formula is C28H28N4O6S2. The highest BCUT2D eigenvalue weighted by Crippen LogP contribution is 2.35. The zero-order valence-electron chi connectivity index (χ0n) is 22.1. The van der Waals surface area contributed by atoms with Crippen molar-refractivity contribution in [3.63, 3.8) is 0 Å². The van der Waals surface area contributed by atoms with Gasteiger partial charge in [0.15, 0.2) is 17.3 Å². The molecule has 12 heteroatoms. The van der Waals surface area contributed by atoms with Gasteiger partial charge in [-0.2, -0.15) is 4.31 Å². The summed E-state index contributed by atoms with van der Waals surface area (Å²) in [6.45, 7) is 5.11. The molecular weight excluding hydrogens is 552 g/mol. The largest absolute Gasteiger partial charge is 0.454 e. The average molecular weight is 581 g/mol. The molecule has 4 aromatic rings. The lowest BCUT2D eigenvalue weighted by Crippen LogP contribution is -2.35. The standard InChI is InChI=1S/C28H28N4O6S2/c1-18-13-23(19(2)32(18)21-9-10-25-26(15-21)37-17-36-25)24(33)16-39-28-30-29-27(38-28)20-7-6-8-22(14-20)40(34,35)31-11-4-3-5-12-31/h6-10,13-15H,3-5,11-12,16-17H2,1-2H3. The van der Waals surface area contributed by atoms with E-state index in [0.717, 1.165) is 48.1 Å². The SMILES string of the molecule is Cc1cc(C(=O)CSc2nnc(-c3cccc(S(=O)(=O)N4CCCCC4)c3)o2)c(C)n1-c1ccc2c(c1)OCO2. The Labute approximate surface area is 236 Å². The fourth-order valence-corrected chi connectivity index (χ4v) is 7.31. The Morgan fingerprint density at radius 3 is 2.60 bits per heavy atom. The zero-order valence-corrected chi connectivity index (χ0v) is 23.8. The van der Waals surface area contributed by atoms with E-state index in [1.165, 1.54) is 4.31 Å². The van der Waals surface area contributed by atoms with Gasteiger partial charge in [0, 0.05) is 47.4 Å². The minimum Gasteiger partial charge on any atom is -0.454 e. The summed E-state index contributed by atoms with van der Waals surface area (Å²) in [6.07, 6.45) is 2.77. The van der Waals surface area contributed by atoms with Gasteiger partial charge < -0.3 is 18.5 Å². The van der Waals surface area contributed by atoms with Crippen LogP contribution in [0.1, 0.15) is 41.0 Å². The van der Waals surface area contributed by atoms with Gasteiger partial charge in [0.05, 0.1) is 10.6 Å². The first kappa shape index (κ1) is 26.6. The van der Waals surface area contributed by atoms with E-state index in [9.17, 15) is 13.2 Å². The van der Waals surface area contributed by atoms with Crippen molar-refractivity contribution >= 4 is 27.6 Å². The molecule has 2 aromatic heterocycles. The molecule has 40 heavy (non-hydrogen) atoms. The number of benzene rings is 2. The van der Waals surface area contributed by atoms with Gasteiger partial charge in [0.2, 0.25) is 22.7 Å². The maximum absolute atomic E-state index is 13.2. The number of carbonyl (C=O) groups excluding carboxylic acids is 1. The van der Waals surface area contributed by atoms with Crippen LogP contribution >= 0.6 is 11.8 Å². The van der Waals surface area contributed by atoms with Gasteiger partial charge in [0.1, 0.15) is 0 Å². The number of rotatable bonds is 8. The second-order valence-corrected chi connectivity index (χ2v) is 12.6. The molecule has 1 saturated heterocycles. The quantitative estimate of drug-likeness (QED) is 0.209. The lowest BCUT2D eigenvalue weighted by molar-refractivity contribution is 0.102. The Kier molecular flexibility index (Phi) is 7.15. The van der Waals surface area contributed by atoms with Gasteiger partial charge >= 0.3 is 0 Å². The van der Waals surface area contributed by atoms with E-state index in [1.54, 1.807) is 24.3 Å². The fraction of sp³-hybridized carbons (Fsp3) is 0.321. The molecule has 0 aliphatic carbocycles. The third kappa shape index (κ3) is 5.02. The van der Waals surface area contributed by atoms with Crippen molar-refractivity contribution in [3.05, 3.63) is 65.5 Å². The Bertz CT molecular complexity index is 1690. The summed E-state index contributed by atoms with van der Waals surface area (Å²) in [6, 6.07) is 14.1. The Morgan fingerprint density at radius 2 is 1.77 bits per heavy atom. The van der Waals surface area contributed by atoms with Crippen molar-refractivity contribution < 1.29 is 27.1 Å². The number of piperidine rings is 1. The summed E-state index contributed by atoms with van der Waals surface area (Å²) < 4.78 is 46.4. The number of nitrogens with zero attached hydrogens (tertiary/aromatic N) is 4. The molecule has 0 bridgehead atoms. The molecule has 2 aliphatic rings. The van der Waals surface area contributed by atoms with Crippen LogP contribution in [0, 0.1) is 13.8 Å². The smallest absolute Gasteiger partial charge is 0.277 e. The van der Waals surface area contributed by atoms with Gasteiger partial charge in [-0.05, 0) is 63.1 Å². The molecule has 0 N–H and O–H groups in total. The summed E-state index contributed by atoms with van der Waals surface area (Å²) >= 11 is 1.15. The number of hydrogen-bond acceptors (Lipinski definition) is 9. The van der Waals surface area contributed by atoms with E-state index in [1.807, 2.05) is 42.7 Å². The number of aryl methyl sites for hydroxylation is 1. The predicted octanol–water partition coefficient (Wildman–Crippen LogP) is 5.02. The highest BCUT2D eigenvalue weighted by molar-refractivity contribution is 7.99. The van der Waals surface area contributed by atoms with E-state index in [0.29, 0.717) is 35.7 Å². The number of carbonyl (C=O) groups is 1. The van der Waals surface area contributed by atoms with Gasteiger partial charge in [0.25, 0.3) is 5.22 Å². The molecule has 0 unspecified atom stereocenters. The number of Topliss-reactive ketones (excluding diaryl/α,β-unsaturated/α-hetero) is 1. The fourth-order valence-electron chi connectivity index (χ4n) is 5.10. The van der Waals surface area contributed by atoms with Crippen LogP contribution in [-0.2, 0) is 10.0 Å². The number of fused-ring (bicyclic) bond motifs is 1. The first-order chi connectivity index (χ1) is 19.3. The van der Waals surface area contributed by atoms with Gasteiger partial charge in [-0.25, -0.2) is 8.42 Å². The molecule has 6 rings (SSSR count). The Morgan fingerprint density at radius 1 is 0.975 bits per heavy atom. The number of ketones is 1. The maximum Gasteiger partial charge on any atom is 0.277 e. The minimum absolute atomic E-state index is 0.0699. The van der Waals surface area contributed by atoms with E-state index in [-0.39, 0.29) is 34.3 Å². The summed E-state index contributed by atoms with van der Waals surface area (Å²) in [5.74, 6) is 1.62. The summed E-state index contributed by atoms with van der Waals surface area (Å²) in [4.78, 5) is 13.4. The van der Waals surface area contributed by atoms with Crippen molar-refractivity contribution in [1.82, 2.24) is 19.1 Å². The number of ether oxygens (including phenoxy) is 2. The Balaban J connectivity index is 1.15. The second kappa shape index (κ2) is 10.8. The molecule has 0 atom stereocenters. The van der Waals surface area contributed by atoms with E-state index in [2.05, 4.69) is 10.2 Å². The van der Waals surface area contributed by atoms with Crippen molar-refractivity contribution in [2.45, 2.75) is 43.2 Å². The second-order valence-electron chi connectivity index (χ2n) is 9.74. The normalized spacial score (nSPS) is 15.4. The number of sulfonamides is 1. The summed E-state index contributed by atoms with van der Waals surface area (Å²) in [7, 11) is -3.59. The highest BCUT2D eigenvalue weighted by atomic mass is 32.2. The average Bonchev–Trinajstić information content (AvgIpc) is 3.71. The van der Waals surface area contributed by atoms with Gasteiger partial charge in [-0.1, -0.05) is 24.2 Å². The highest BCUT2D eigenvalue weighted by Gasteiger charge is 2.27. The molecule has 1 fully saturated rings. The predicted molar refractivity (Wildman–Crippen MR) is 149 cm³/mol. The molecule has 208 valence electrons. The molecule has 0 saturated carbocycles. The third-order valence-electron chi connectivity index (χ3n) is 7.11. The molecule has 0 amide bonds. The zero-order chi connectivity index (χ0) is 27.9. The van der Waals surface area contributed by atoms with Gasteiger partial charge in [-0.3, -0.25) is 4.79 Å². The molecule has 2 aliphatic heterocycles. The van der Waals surface area contributed by atoms with Crippen LogP contribution in [0.15, 0.2) is 63.1 Å². The maximum atomic E-state index is 13.2. The number of aromatic nitrogens is 3. The van der Waals surface area contributed by atoms with E-state index >= 15 is 0 Å². The third-order valence-corrected chi connectivity index (χ3v) is 9.83. The molecule has 4 heterocycles. The Hall–Kier alpha value is -3.61. The number of hydrogen-bond donors (Lipinski definition) is 0. The van der Waals surface area contributed by atoms with Crippen molar-refractivity contribution in [1.29, 1.82) is 0 Å². The topological polar surface area (TPSA) is 117 Å². The first-order valence-corrected chi connectivity index (χ1v) is 15.4. The minimum atomic E-state index is -3.59. The van der Waals surface area contributed by atoms with Crippen molar-refractivity contribution in [2.75, 3.05) is 25.6 Å². The molecule has 0 spiro atoms. The van der Waals surface area contributed by atoms with Crippen LogP contribution in [0.2, 0.25) is 0 Å². The van der Waals surface area contributed by atoms with Gasteiger partial charge in [-0.15, -0.1) is 10.2 Å². The van der Waals surface area contributed by atoms with Crippen molar-refractivity contribution in [2.24, 2.45) is 0 Å². The van der Waals surface area contributed by atoms with Crippen LogP contribution in [0.4, 0.5) is 0 Å². The van der Waals surface area contributed by atoms with Crippen LogP contribution in [0.3, 0.4) is 0 Å². The monoisotopic (exact) mass is 580 g/mol. The first-order valence-electron chi connectivity index (χ1n) is 13.0. The van der Waals surface area contributed by atoms with Crippen molar-refractivity contribution in [3.8, 4) is 28.6 Å². The van der Waals surface area contributed by atoms with Crippen LogP contribution < -0.4 is 9.47 Å². The summed E-state index contributed by atoms with van der Waals surface area (Å²) in [5, 5.41) is 8.40. The lowest BCUT2D eigenvalue weighted by Gasteiger charge is -2.25. The van der Waals surface area contributed by atoms with Crippen LogP contribution in [-0.4, -0.2) is 58.9 Å².